The van der Waals surface area contributed by atoms with Crippen molar-refractivity contribution in [3.05, 3.63) is 14.7 Å². The Morgan fingerprint density at radius 2 is 1.95 bits per heavy atom. The van der Waals surface area contributed by atoms with Gasteiger partial charge in [-0.25, -0.2) is 13.1 Å². The van der Waals surface area contributed by atoms with E-state index in [2.05, 4.69) is 20.7 Å². The highest BCUT2D eigenvalue weighted by Crippen LogP contribution is 2.30. The van der Waals surface area contributed by atoms with Crippen molar-refractivity contribution < 1.29 is 13.5 Å². The second kappa shape index (κ2) is 6.44. The van der Waals surface area contributed by atoms with E-state index < -0.39 is 15.6 Å². The van der Waals surface area contributed by atoms with Gasteiger partial charge >= 0.3 is 0 Å². The van der Waals surface area contributed by atoms with Gasteiger partial charge in [0.15, 0.2) is 0 Å². The highest BCUT2D eigenvalue weighted by molar-refractivity contribution is 9.11. The van der Waals surface area contributed by atoms with Crippen molar-refractivity contribution in [2.45, 2.75) is 55.9 Å². The van der Waals surface area contributed by atoms with Gasteiger partial charge in [-0.15, -0.1) is 11.3 Å². The summed E-state index contributed by atoms with van der Waals surface area (Å²) in [5.74, 6) is 0. The monoisotopic (exact) mass is 381 g/mol. The normalized spacial score (nSPS) is 19.8. The molecule has 1 aromatic heterocycles. The molecule has 0 radical (unpaired) electrons. The predicted molar refractivity (Wildman–Crippen MR) is 84.6 cm³/mol. The Morgan fingerprint density at radius 3 is 2.45 bits per heavy atom. The van der Waals surface area contributed by atoms with Crippen LogP contribution >= 0.6 is 27.3 Å². The van der Waals surface area contributed by atoms with E-state index in [9.17, 15) is 13.5 Å². The lowest BCUT2D eigenvalue weighted by Crippen LogP contribution is -2.42. The van der Waals surface area contributed by atoms with Crippen molar-refractivity contribution in [2.24, 2.45) is 0 Å². The first-order chi connectivity index (χ1) is 9.32. The minimum absolute atomic E-state index is 0.0994. The van der Waals surface area contributed by atoms with Gasteiger partial charge in [0, 0.05) is 11.4 Å². The number of thiophene rings is 1. The van der Waals surface area contributed by atoms with Crippen molar-refractivity contribution >= 4 is 37.3 Å². The summed E-state index contributed by atoms with van der Waals surface area (Å²) in [4.78, 5) is 1.05. The number of nitrogens with one attached hydrogen (secondary N) is 1. The second-order valence-electron chi connectivity index (χ2n) is 5.43. The first-order valence-electron chi connectivity index (χ1n) is 6.80. The van der Waals surface area contributed by atoms with E-state index in [1.165, 1.54) is 11.3 Å². The Kier molecular flexibility index (Phi) is 5.29. The lowest BCUT2D eigenvalue weighted by Gasteiger charge is -2.26. The number of halogens is 1. The molecule has 20 heavy (non-hydrogen) atoms. The number of aliphatic hydroxyl groups is 1. The van der Waals surface area contributed by atoms with Crippen LogP contribution in [0, 0.1) is 6.92 Å². The topological polar surface area (TPSA) is 66.4 Å². The average molecular weight is 382 g/mol. The fraction of sp³-hybridized carbons (Fsp3) is 0.692. The summed E-state index contributed by atoms with van der Waals surface area (Å²) in [6.45, 7) is 1.88. The minimum atomic E-state index is -3.55. The third-order valence-corrected chi connectivity index (χ3v) is 6.97. The first-order valence-corrected chi connectivity index (χ1v) is 9.90. The maximum absolute atomic E-state index is 12.3. The van der Waals surface area contributed by atoms with Crippen LogP contribution in [-0.4, -0.2) is 25.7 Å². The SMILES string of the molecule is Cc1sc(Br)cc1S(=O)(=O)NCC1(O)CCCCCC1. The lowest BCUT2D eigenvalue weighted by atomic mass is 9.95. The number of hydrogen-bond donors (Lipinski definition) is 2. The van der Waals surface area contributed by atoms with Crippen molar-refractivity contribution in [3.8, 4) is 0 Å². The molecule has 7 heteroatoms. The fourth-order valence-corrected chi connectivity index (χ4v) is 6.10. The standard InChI is InChI=1S/C13H20BrNO3S2/c1-10-11(8-12(14)19-10)20(17,18)15-9-13(16)6-4-2-3-5-7-13/h8,15-16H,2-7,9H2,1H3. The van der Waals surface area contributed by atoms with Crippen LogP contribution in [0.5, 0.6) is 0 Å². The molecule has 0 atom stereocenters. The average Bonchev–Trinajstić information content (AvgIpc) is 2.59. The molecule has 1 fully saturated rings. The summed E-state index contributed by atoms with van der Waals surface area (Å²) in [5.41, 5.74) is -0.898. The highest BCUT2D eigenvalue weighted by Gasteiger charge is 2.30. The molecule has 114 valence electrons. The van der Waals surface area contributed by atoms with Crippen LogP contribution in [0.3, 0.4) is 0 Å². The molecular weight excluding hydrogens is 362 g/mol. The van der Waals surface area contributed by atoms with Gasteiger partial charge in [-0.05, 0) is 41.8 Å². The van der Waals surface area contributed by atoms with Gasteiger partial charge < -0.3 is 5.11 Å². The summed E-state index contributed by atoms with van der Waals surface area (Å²) >= 11 is 4.70. The van der Waals surface area contributed by atoms with E-state index in [0.29, 0.717) is 17.7 Å². The summed E-state index contributed by atoms with van der Waals surface area (Å²) in [6, 6.07) is 1.61. The van der Waals surface area contributed by atoms with Gasteiger partial charge in [0.2, 0.25) is 10.0 Å². The molecule has 1 heterocycles. The van der Waals surface area contributed by atoms with E-state index in [4.69, 9.17) is 0 Å². The van der Waals surface area contributed by atoms with Crippen LogP contribution in [0.15, 0.2) is 14.7 Å². The molecule has 1 aliphatic carbocycles. The van der Waals surface area contributed by atoms with E-state index in [1.807, 2.05) is 0 Å². The van der Waals surface area contributed by atoms with Crippen LogP contribution in [0.2, 0.25) is 0 Å². The molecule has 4 nitrogen and oxygen atoms in total. The smallest absolute Gasteiger partial charge is 0.241 e. The number of rotatable bonds is 4. The third-order valence-electron chi connectivity index (χ3n) is 3.76. The van der Waals surface area contributed by atoms with Crippen molar-refractivity contribution in [2.75, 3.05) is 6.54 Å². The molecule has 0 amide bonds. The van der Waals surface area contributed by atoms with E-state index in [0.717, 1.165) is 34.3 Å². The van der Waals surface area contributed by atoms with Crippen LogP contribution in [0.4, 0.5) is 0 Å². The fourth-order valence-electron chi connectivity index (χ4n) is 2.57. The van der Waals surface area contributed by atoms with Gasteiger partial charge in [0.25, 0.3) is 0 Å². The summed E-state index contributed by atoms with van der Waals surface area (Å²) in [5, 5.41) is 10.5. The number of sulfonamides is 1. The van der Waals surface area contributed by atoms with E-state index >= 15 is 0 Å². The molecule has 0 aromatic carbocycles. The molecule has 0 saturated heterocycles. The maximum Gasteiger partial charge on any atom is 0.241 e. The summed E-state index contributed by atoms with van der Waals surface area (Å²) in [7, 11) is -3.55. The molecule has 0 bridgehead atoms. The molecule has 2 rings (SSSR count). The minimum Gasteiger partial charge on any atom is -0.389 e. The summed E-state index contributed by atoms with van der Waals surface area (Å²) < 4.78 is 28.0. The van der Waals surface area contributed by atoms with E-state index in [-0.39, 0.29) is 6.54 Å². The van der Waals surface area contributed by atoms with Gasteiger partial charge in [0.1, 0.15) is 0 Å². The first kappa shape index (κ1) is 16.4. The van der Waals surface area contributed by atoms with E-state index in [1.54, 1.807) is 13.0 Å². The maximum atomic E-state index is 12.3. The van der Waals surface area contributed by atoms with Gasteiger partial charge in [-0.3, -0.25) is 0 Å². The molecule has 0 unspecified atom stereocenters. The zero-order valence-corrected chi connectivity index (χ0v) is 14.7. The van der Waals surface area contributed by atoms with Crippen LogP contribution in [-0.2, 0) is 10.0 Å². The van der Waals surface area contributed by atoms with Crippen molar-refractivity contribution in [1.29, 1.82) is 0 Å². The van der Waals surface area contributed by atoms with Gasteiger partial charge in [-0.2, -0.15) is 0 Å². The molecule has 0 aliphatic heterocycles. The van der Waals surface area contributed by atoms with Crippen LogP contribution < -0.4 is 4.72 Å². The van der Waals surface area contributed by atoms with Gasteiger partial charge in [-0.1, -0.05) is 25.7 Å². The van der Waals surface area contributed by atoms with Crippen molar-refractivity contribution in [1.82, 2.24) is 4.72 Å². The molecule has 1 saturated carbocycles. The molecule has 2 N–H and O–H groups in total. The zero-order valence-electron chi connectivity index (χ0n) is 11.5. The zero-order chi connectivity index (χ0) is 14.8. The van der Waals surface area contributed by atoms with Crippen molar-refractivity contribution in [3.63, 3.8) is 0 Å². The molecule has 1 aliphatic rings. The van der Waals surface area contributed by atoms with Crippen LogP contribution in [0.25, 0.3) is 0 Å². The molecular formula is C13H20BrNO3S2. The van der Waals surface area contributed by atoms with Crippen LogP contribution in [0.1, 0.15) is 43.4 Å². The lowest BCUT2D eigenvalue weighted by molar-refractivity contribution is 0.0303. The Morgan fingerprint density at radius 1 is 1.35 bits per heavy atom. The Hall–Kier alpha value is 0.0500. The molecule has 1 aromatic rings. The third kappa shape index (κ3) is 4.04. The largest absolute Gasteiger partial charge is 0.389 e. The number of hydrogen-bond acceptors (Lipinski definition) is 4. The predicted octanol–water partition coefficient (Wildman–Crippen LogP) is 3.18. The Labute approximate surface area is 132 Å². The number of aryl methyl sites for hydroxylation is 1. The molecule has 0 spiro atoms. The quantitative estimate of drug-likeness (QED) is 0.786. The Bertz CT molecular complexity index is 560. The Balaban J connectivity index is 2.07. The summed E-state index contributed by atoms with van der Waals surface area (Å²) in [6.07, 6.45) is 5.49. The highest BCUT2D eigenvalue weighted by atomic mass is 79.9. The second-order valence-corrected chi connectivity index (χ2v) is 9.80. The van der Waals surface area contributed by atoms with Gasteiger partial charge in [0.05, 0.1) is 14.3 Å².